The minimum absolute atomic E-state index is 0. The molecule has 1 amide bonds. The van der Waals surface area contributed by atoms with Crippen molar-refractivity contribution in [3.8, 4) is 0 Å². The molecule has 14 heavy (non-hydrogen) atoms. The highest BCUT2D eigenvalue weighted by atomic mass is 35.5. The van der Waals surface area contributed by atoms with Gasteiger partial charge in [-0.25, -0.2) is 0 Å². The molecule has 4 N–H and O–H groups in total. The topological polar surface area (TPSA) is 95.4 Å². The maximum absolute atomic E-state index is 11.1. The summed E-state index contributed by atoms with van der Waals surface area (Å²) in [5, 5.41) is 0. The number of hydrogen-bond acceptors (Lipinski definition) is 4. The lowest BCUT2D eigenvalue weighted by atomic mass is 10.1. The lowest BCUT2D eigenvalue weighted by Gasteiger charge is -2.20. The molecule has 0 radical (unpaired) electrons. The highest BCUT2D eigenvalue weighted by Gasteiger charge is 2.20. The number of amides is 1. The molecule has 0 aliphatic rings. The van der Waals surface area contributed by atoms with Crippen LogP contribution in [0.15, 0.2) is 0 Å². The fourth-order valence-electron chi connectivity index (χ4n) is 0.663. The van der Waals surface area contributed by atoms with Crippen LogP contribution in [0.3, 0.4) is 0 Å². The number of esters is 1. The molecular formula is C8H17ClN2O3. The van der Waals surface area contributed by atoms with Gasteiger partial charge in [-0.2, -0.15) is 0 Å². The summed E-state index contributed by atoms with van der Waals surface area (Å²) in [6.45, 7) is 5.21. The Bertz CT molecular complexity index is 213. The molecular weight excluding hydrogens is 208 g/mol. The first kappa shape index (κ1) is 15.7. The third-order valence-electron chi connectivity index (χ3n) is 1.17. The second-order valence-electron chi connectivity index (χ2n) is 3.80. The van der Waals surface area contributed by atoms with Crippen LogP contribution in [-0.4, -0.2) is 23.5 Å². The van der Waals surface area contributed by atoms with Crippen molar-refractivity contribution in [2.24, 2.45) is 11.5 Å². The van der Waals surface area contributed by atoms with Gasteiger partial charge in [-0.3, -0.25) is 9.59 Å². The van der Waals surface area contributed by atoms with Gasteiger partial charge in [-0.1, -0.05) is 0 Å². The van der Waals surface area contributed by atoms with Crippen LogP contribution >= 0.6 is 12.4 Å². The van der Waals surface area contributed by atoms with Gasteiger partial charge in [-0.05, 0) is 20.8 Å². The number of primary amides is 1. The second-order valence-corrected chi connectivity index (χ2v) is 3.80. The zero-order valence-electron chi connectivity index (χ0n) is 8.57. The summed E-state index contributed by atoms with van der Waals surface area (Å²) in [6, 6.07) is -0.963. The Kier molecular flexibility index (Phi) is 6.51. The van der Waals surface area contributed by atoms with E-state index in [0.717, 1.165) is 0 Å². The molecule has 0 aromatic carbocycles. The Hall–Kier alpha value is -0.810. The molecule has 1 unspecified atom stereocenters. The van der Waals surface area contributed by atoms with Crippen molar-refractivity contribution >= 4 is 24.3 Å². The lowest BCUT2D eigenvalue weighted by Crippen LogP contribution is -2.39. The van der Waals surface area contributed by atoms with E-state index in [0.29, 0.717) is 0 Å². The van der Waals surface area contributed by atoms with Crippen molar-refractivity contribution in [1.82, 2.24) is 0 Å². The van der Waals surface area contributed by atoms with Crippen LogP contribution in [0.1, 0.15) is 27.2 Å². The van der Waals surface area contributed by atoms with Crippen LogP contribution in [-0.2, 0) is 14.3 Å². The number of hydrogen-bond donors (Lipinski definition) is 2. The van der Waals surface area contributed by atoms with Crippen molar-refractivity contribution in [1.29, 1.82) is 0 Å². The summed E-state index contributed by atoms with van der Waals surface area (Å²) in [6.07, 6.45) is -0.174. The van der Waals surface area contributed by atoms with Crippen molar-refractivity contribution in [3.63, 3.8) is 0 Å². The molecule has 0 bridgehead atoms. The average Bonchev–Trinajstić information content (AvgIpc) is 1.81. The van der Waals surface area contributed by atoms with Gasteiger partial charge in [-0.15, -0.1) is 12.4 Å². The van der Waals surface area contributed by atoms with E-state index in [-0.39, 0.29) is 18.8 Å². The fraction of sp³-hybridized carbons (Fsp3) is 0.750. The number of halogens is 1. The lowest BCUT2D eigenvalue weighted by molar-refractivity contribution is -0.156. The predicted octanol–water partition coefficient (Wildman–Crippen LogP) is -0.0474. The molecule has 84 valence electrons. The third kappa shape index (κ3) is 7.82. The number of carbonyl (C=O) groups excluding carboxylic acids is 2. The van der Waals surface area contributed by atoms with Crippen LogP contribution in [0.2, 0.25) is 0 Å². The third-order valence-corrected chi connectivity index (χ3v) is 1.17. The zero-order valence-corrected chi connectivity index (χ0v) is 9.39. The fourth-order valence-corrected chi connectivity index (χ4v) is 0.663. The number of carbonyl (C=O) groups is 2. The Labute approximate surface area is 89.6 Å². The molecule has 0 fully saturated rings. The van der Waals surface area contributed by atoms with Crippen LogP contribution in [0.4, 0.5) is 0 Å². The van der Waals surface area contributed by atoms with E-state index in [1.165, 1.54) is 0 Å². The van der Waals surface area contributed by atoms with Gasteiger partial charge in [0.15, 0.2) is 0 Å². The first-order valence-electron chi connectivity index (χ1n) is 3.99. The molecule has 0 aromatic heterocycles. The standard InChI is InChI=1S/C8H16N2O3.ClH/c1-8(2,3)13-6(11)4-5(9)7(10)12;/h5H,4,9H2,1-3H3,(H2,10,12);1H. The Balaban J connectivity index is 0. The molecule has 5 nitrogen and oxygen atoms in total. The van der Waals surface area contributed by atoms with Crippen LogP contribution < -0.4 is 11.5 Å². The molecule has 0 aliphatic heterocycles. The van der Waals surface area contributed by atoms with Gasteiger partial charge in [0.1, 0.15) is 5.60 Å². The molecule has 0 heterocycles. The van der Waals surface area contributed by atoms with E-state index in [4.69, 9.17) is 16.2 Å². The summed E-state index contributed by atoms with van der Waals surface area (Å²) in [5.74, 6) is -1.22. The van der Waals surface area contributed by atoms with E-state index in [1.807, 2.05) is 0 Å². The van der Waals surface area contributed by atoms with Crippen molar-refractivity contribution in [3.05, 3.63) is 0 Å². The van der Waals surface area contributed by atoms with Gasteiger partial charge in [0.25, 0.3) is 0 Å². The molecule has 0 saturated carbocycles. The molecule has 6 heteroatoms. The largest absolute Gasteiger partial charge is 0.460 e. The van der Waals surface area contributed by atoms with Crippen molar-refractivity contribution in [2.45, 2.75) is 38.8 Å². The van der Waals surface area contributed by atoms with Crippen molar-refractivity contribution < 1.29 is 14.3 Å². The van der Waals surface area contributed by atoms with E-state index in [9.17, 15) is 9.59 Å². The maximum atomic E-state index is 11.1. The van der Waals surface area contributed by atoms with Gasteiger partial charge in [0.2, 0.25) is 5.91 Å². The Morgan fingerprint density at radius 1 is 1.36 bits per heavy atom. The summed E-state index contributed by atoms with van der Waals surface area (Å²) in [5.41, 5.74) is 9.58. The zero-order chi connectivity index (χ0) is 10.6. The molecule has 0 saturated heterocycles. The van der Waals surface area contributed by atoms with Crippen molar-refractivity contribution in [2.75, 3.05) is 0 Å². The van der Waals surface area contributed by atoms with E-state index < -0.39 is 23.5 Å². The van der Waals surface area contributed by atoms with Gasteiger partial charge < -0.3 is 16.2 Å². The summed E-state index contributed by atoms with van der Waals surface area (Å²) >= 11 is 0. The average molecular weight is 225 g/mol. The highest BCUT2D eigenvalue weighted by molar-refractivity contribution is 5.85. The molecule has 0 aromatic rings. The molecule has 0 aliphatic carbocycles. The van der Waals surface area contributed by atoms with Crippen LogP contribution in [0.25, 0.3) is 0 Å². The number of rotatable bonds is 3. The summed E-state index contributed by atoms with van der Waals surface area (Å²) in [4.78, 5) is 21.6. The Morgan fingerprint density at radius 2 is 1.79 bits per heavy atom. The van der Waals surface area contributed by atoms with Crippen LogP contribution in [0, 0.1) is 0 Å². The normalized spacial score (nSPS) is 12.6. The van der Waals surface area contributed by atoms with E-state index in [2.05, 4.69) is 0 Å². The van der Waals surface area contributed by atoms with Crippen LogP contribution in [0.5, 0.6) is 0 Å². The summed E-state index contributed by atoms with van der Waals surface area (Å²) in [7, 11) is 0. The number of ether oxygens (including phenoxy) is 1. The van der Waals surface area contributed by atoms with Gasteiger partial charge in [0.05, 0.1) is 12.5 Å². The minimum Gasteiger partial charge on any atom is -0.460 e. The van der Waals surface area contributed by atoms with E-state index >= 15 is 0 Å². The van der Waals surface area contributed by atoms with E-state index in [1.54, 1.807) is 20.8 Å². The minimum atomic E-state index is -0.963. The van der Waals surface area contributed by atoms with Gasteiger partial charge >= 0.3 is 5.97 Å². The first-order valence-corrected chi connectivity index (χ1v) is 3.99. The molecule has 0 spiro atoms. The quantitative estimate of drug-likeness (QED) is 0.658. The second kappa shape index (κ2) is 5.82. The predicted molar refractivity (Wildman–Crippen MR) is 54.9 cm³/mol. The SMILES string of the molecule is CC(C)(C)OC(=O)CC(N)C(N)=O.Cl. The monoisotopic (exact) mass is 224 g/mol. The van der Waals surface area contributed by atoms with Gasteiger partial charge in [0, 0.05) is 0 Å². The smallest absolute Gasteiger partial charge is 0.308 e. The Morgan fingerprint density at radius 3 is 2.07 bits per heavy atom. The highest BCUT2D eigenvalue weighted by Crippen LogP contribution is 2.08. The maximum Gasteiger partial charge on any atom is 0.308 e. The first-order chi connectivity index (χ1) is 5.72. The number of nitrogens with two attached hydrogens (primary N) is 2. The summed E-state index contributed by atoms with van der Waals surface area (Å²) < 4.78 is 4.93. The molecule has 0 rings (SSSR count). The molecule has 1 atom stereocenters.